The predicted molar refractivity (Wildman–Crippen MR) is 43.1 cm³/mol. The summed E-state index contributed by atoms with van der Waals surface area (Å²) in [6.45, 7) is 0. The Morgan fingerprint density at radius 3 is 2.75 bits per heavy atom. The van der Waals surface area contributed by atoms with Crippen molar-refractivity contribution in [2.45, 2.75) is 0 Å². The fourth-order valence-electron chi connectivity index (χ4n) is 0.903. The lowest BCUT2D eigenvalue weighted by atomic mass is 10.2. The molecule has 0 bridgehead atoms. The van der Waals surface area contributed by atoms with Crippen LogP contribution in [0.3, 0.4) is 0 Å². The van der Waals surface area contributed by atoms with Gasteiger partial charge in [-0.25, -0.2) is 4.98 Å². The molecule has 0 aliphatic rings. The monoisotopic (exact) mass is 158 g/mol. The molecular formula is C8H6N4. The Balaban J connectivity index is 2.46. The second kappa shape index (κ2) is 3.04. The van der Waals surface area contributed by atoms with Gasteiger partial charge in [-0.3, -0.25) is 4.98 Å². The highest BCUT2D eigenvalue weighted by Gasteiger charge is 1.96. The second-order valence-corrected chi connectivity index (χ2v) is 2.23. The largest absolute Gasteiger partial charge is 0.264 e. The Hall–Kier alpha value is -1.84. The van der Waals surface area contributed by atoms with Gasteiger partial charge in [-0.1, -0.05) is 0 Å². The molecule has 0 unspecified atom stereocenters. The van der Waals surface area contributed by atoms with E-state index in [0.29, 0.717) is 0 Å². The van der Waals surface area contributed by atoms with E-state index in [2.05, 4.69) is 20.2 Å². The fourth-order valence-corrected chi connectivity index (χ4v) is 0.903. The van der Waals surface area contributed by atoms with Gasteiger partial charge in [0.2, 0.25) is 0 Å². The molecule has 0 saturated heterocycles. The maximum atomic E-state index is 4.04. The molecule has 0 aliphatic carbocycles. The number of hydrogen-bond donors (Lipinski definition) is 0. The first-order valence-corrected chi connectivity index (χ1v) is 3.50. The molecule has 0 amide bonds. The SMILES string of the molecule is c1cncc(-c2cnncn2)c1. The van der Waals surface area contributed by atoms with Gasteiger partial charge in [0, 0.05) is 18.0 Å². The smallest absolute Gasteiger partial charge is 0.138 e. The average molecular weight is 158 g/mol. The zero-order valence-corrected chi connectivity index (χ0v) is 6.25. The van der Waals surface area contributed by atoms with Crippen molar-refractivity contribution in [3.05, 3.63) is 37.1 Å². The summed E-state index contributed by atoms with van der Waals surface area (Å²) in [5, 5.41) is 7.31. The van der Waals surface area contributed by atoms with Crippen LogP contribution in [0.15, 0.2) is 37.1 Å². The van der Waals surface area contributed by atoms with Gasteiger partial charge in [0.05, 0.1) is 11.9 Å². The maximum Gasteiger partial charge on any atom is 0.138 e. The summed E-state index contributed by atoms with van der Waals surface area (Å²) in [5.41, 5.74) is 1.74. The van der Waals surface area contributed by atoms with Gasteiger partial charge in [-0.2, -0.15) is 5.10 Å². The van der Waals surface area contributed by atoms with E-state index in [-0.39, 0.29) is 0 Å². The topological polar surface area (TPSA) is 51.6 Å². The minimum Gasteiger partial charge on any atom is -0.264 e. The van der Waals surface area contributed by atoms with Crippen LogP contribution in [0, 0.1) is 0 Å². The molecule has 0 fully saturated rings. The van der Waals surface area contributed by atoms with E-state index in [1.807, 2.05) is 12.1 Å². The van der Waals surface area contributed by atoms with Crippen LogP contribution in [0.25, 0.3) is 11.3 Å². The van der Waals surface area contributed by atoms with Crippen LogP contribution in [0.5, 0.6) is 0 Å². The van der Waals surface area contributed by atoms with Crippen molar-refractivity contribution in [3.8, 4) is 11.3 Å². The minimum absolute atomic E-state index is 0.790. The van der Waals surface area contributed by atoms with Gasteiger partial charge in [0.25, 0.3) is 0 Å². The molecule has 0 aromatic carbocycles. The van der Waals surface area contributed by atoms with E-state index in [4.69, 9.17) is 0 Å². The van der Waals surface area contributed by atoms with Crippen molar-refractivity contribution in [1.29, 1.82) is 0 Å². The van der Waals surface area contributed by atoms with Crippen LogP contribution in [-0.2, 0) is 0 Å². The molecule has 58 valence electrons. The third-order valence-corrected chi connectivity index (χ3v) is 1.45. The summed E-state index contributed by atoms with van der Waals surface area (Å²) < 4.78 is 0. The minimum atomic E-state index is 0.790. The first kappa shape index (κ1) is 6.84. The van der Waals surface area contributed by atoms with Crippen molar-refractivity contribution in [2.24, 2.45) is 0 Å². The summed E-state index contributed by atoms with van der Waals surface area (Å²) >= 11 is 0. The molecule has 2 heterocycles. The molecule has 12 heavy (non-hydrogen) atoms. The van der Waals surface area contributed by atoms with Crippen LogP contribution in [-0.4, -0.2) is 20.2 Å². The van der Waals surface area contributed by atoms with E-state index in [1.54, 1.807) is 18.6 Å². The van der Waals surface area contributed by atoms with Crippen LogP contribution >= 0.6 is 0 Å². The molecule has 4 nitrogen and oxygen atoms in total. The standard InChI is InChI=1S/C8H6N4/c1-2-7(4-9-3-1)8-5-11-12-6-10-8/h1-6H. The lowest BCUT2D eigenvalue weighted by Crippen LogP contribution is -1.87. The third-order valence-electron chi connectivity index (χ3n) is 1.45. The van der Waals surface area contributed by atoms with Gasteiger partial charge in [0.1, 0.15) is 6.33 Å². The maximum absolute atomic E-state index is 4.04. The Morgan fingerprint density at radius 2 is 2.08 bits per heavy atom. The molecule has 2 aromatic heterocycles. The molecule has 2 aromatic rings. The summed E-state index contributed by atoms with van der Waals surface area (Å²) in [5.74, 6) is 0. The van der Waals surface area contributed by atoms with Gasteiger partial charge in [0.15, 0.2) is 0 Å². The normalized spacial score (nSPS) is 9.67. The van der Waals surface area contributed by atoms with Gasteiger partial charge in [-0.05, 0) is 12.1 Å². The van der Waals surface area contributed by atoms with Gasteiger partial charge < -0.3 is 0 Å². The molecular weight excluding hydrogens is 152 g/mol. The highest BCUT2D eigenvalue weighted by atomic mass is 15.1. The number of nitrogens with zero attached hydrogens (tertiary/aromatic N) is 4. The lowest BCUT2D eigenvalue weighted by Gasteiger charge is -1.95. The number of hydrogen-bond acceptors (Lipinski definition) is 4. The van der Waals surface area contributed by atoms with E-state index in [1.165, 1.54) is 6.33 Å². The molecule has 4 heteroatoms. The van der Waals surface area contributed by atoms with Crippen molar-refractivity contribution >= 4 is 0 Å². The van der Waals surface area contributed by atoms with Crippen LogP contribution < -0.4 is 0 Å². The van der Waals surface area contributed by atoms with Gasteiger partial charge in [-0.15, -0.1) is 5.10 Å². The first-order valence-electron chi connectivity index (χ1n) is 3.50. The third kappa shape index (κ3) is 1.27. The van der Waals surface area contributed by atoms with E-state index >= 15 is 0 Å². The second-order valence-electron chi connectivity index (χ2n) is 2.23. The summed E-state index contributed by atoms with van der Waals surface area (Å²) in [6, 6.07) is 3.79. The number of aromatic nitrogens is 4. The lowest BCUT2D eigenvalue weighted by molar-refractivity contribution is 0.973. The van der Waals surface area contributed by atoms with Crippen LogP contribution in [0.2, 0.25) is 0 Å². The average Bonchev–Trinajstić information content (AvgIpc) is 2.21. The summed E-state index contributed by atoms with van der Waals surface area (Å²) in [4.78, 5) is 8.01. The Kier molecular flexibility index (Phi) is 1.74. The molecule has 0 aliphatic heterocycles. The molecule has 0 radical (unpaired) electrons. The molecule has 0 atom stereocenters. The quantitative estimate of drug-likeness (QED) is 0.619. The van der Waals surface area contributed by atoms with E-state index in [0.717, 1.165) is 11.3 Å². The predicted octanol–water partition coefficient (Wildman–Crippen LogP) is 0.934. The van der Waals surface area contributed by atoms with Crippen molar-refractivity contribution in [3.63, 3.8) is 0 Å². The van der Waals surface area contributed by atoms with Crippen LogP contribution in [0.1, 0.15) is 0 Å². The van der Waals surface area contributed by atoms with E-state index < -0.39 is 0 Å². The zero-order valence-electron chi connectivity index (χ0n) is 6.25. The zero-order chi connectivity index (χ0) is 8.23. The molecule has 0 saturated carbocycles. The Morgan fingerprint density at radius 1 is 1.08 bits per heavy atom. The van der Waals surface area contributed by atoms with Crippen LogP contribution in [0.4, 0.5) is 0 Å². The highest BCUT2D eigenvalue weighted by molar-refractivity contribution is 5.55. The summed E-state index contributed by atoms with van der Waals surface area (Å²) in [7, 11) is 0. The number of rotatable bonds is 1. The molecule has 0 N–H and O–H groups in total. The fraction of sp³-hybridized carbons (Fsp3) is 0. The molecule has 2 rings (SSSR count). The Labute approximate surface area is 69.3 Å². The summed E-state index contributed by atoms with van der Waals surface area (Å²) in [6.07, 6.45) is 6.49. The molecule has 0 spiro atoms. The highest BCUT2D eigenvalue weighted by Crippen LogP contribution is 2.11. The van der Waals surface area contributed by atoms with E-state index in [9.17, 15) is 0 Å². The van der Waals surface area contributed by atoms with Crippen molar-refractivity contribution in [1.82, 2.24) is 20.2 Å². The first-order chi connectivity index (χ1) is 5.97. The van der Waals surface area contributed by atoms with Crippen molar-refractivity contribution < 1.29 is 0 Å². The van der Waals surface area contributed by atoms with Gasteiger partial charge >= 0.3 is 0 Å². The van der Waals surface area contributed by atoms with Crippen molar-refractivity contribution in [2.75, 3.05) is 0 Å². The number of pyridine rings is 1. The Bertz CT molecular complexity index is 308.